The number of hydrogen-bond acceptors (Lipinski definition) is 8. The maximum absolute atomic E-state index is 13.1. The van der Waals surface area contributed by atoms with Crippen LogP contribution in [0.1, 0.15) is 11.8 Å². The fourth-order valence-electron chi connectivity index (χ4n) is 2.55. The fourth-order valence-corrected chi connectivity index (χ4v) is 4.48. The van der Waals surface area contributed by atoms with Crippen molar-refractivity contribution < 1.29 is 18.1 Å². The van der Waals surface area contributed by atoms with Crippen molar-refractivity contribution in [2.45, 2.75) is 11.8 Å². The van der Waals surface area contributed by atoms with E-state index >= 15 is 0 Å². The molecule has 1 heterocycles. The first kappa shape index (κ1) is 21.3. The van der Waals surface area contributed by atoms with E-state index in [0.717, 1.165) is 10.9 Å². The molecule has 9 nitrogen and oxygen atoms in total. The molecule has 0 radical (unpaired) electrons. The lowest BCUT2D eigenvalue weighted by atomic mass is 10.3. The molecular weight excluding hydrogens is 428 g/mol. The van der Waals surface area contributed by atoms with Crippen molar-refractivity contribution in [1.29, 1.82) is 0 Å². The van der Waals surface area contributed by atoms with Gasteiger partial charge in [-0.15, -0.1) is 11.3 Å². The lowest BCUT2D eigenvalue weighted by molar-refractivity contribution is -0.385. The van der Waals surface area contributed by atoms with Crippen molar-refractivity contribution >= 4 is 44.1 Å². The fraction of sp³-hybridized carbons (Fsp3) is 0.105. The van der Waals surface area contributed by atoms with Gasteiger partial charge in [0.25, 0.3) is 15.7 Å². The average Bonchev–Trinajstić information content (AvgIpc) is 3.27. The largest absolute Gasteiger partial charge is 0.495 e. The molecule has 0 aliphatic carbocycles. The van der Waals surface area contributed by atoms with Crippen LogP contribution in [0.15, 0.2) is 70.0 Å². The number of sulfonamides is 1. The molecule has 3 aromatic rings. The van der Waals surface area contributed by atoms with Crippen LogP contribution in [0.2, 0.25) is 0 Å². The van der Waals surface area contributed by atoms with Crippen molar-refractivity contribution in [1.82, 2.24) is 0 Å². The number of non-ortho nitro benzene ring substituents is 1. The lowest BCUT2D eigenvalue weighted by Gasteiger charge is -2.14. The van der Waals surface area contributed by atoms with Gasteiger partial charge >= 0.3 is 0 Å². The molecule has 0 saturated heterocycles. The summed E-state index contributed by atoms with van der Waals surface area (Å²) < 4.78 is 33.7. The Bertz CT molecular complexity index is 1190. The Kier molecular flexibility index (Phi) is 6.33. The number of para-hydroxylation sites is 2. The maximum Gasteiger partial charge on any atom is 0.270 e. The molecule has 0 atom stereocenters. The summed E-state index contributed by atoms with van der Waals surface area (Å²) in [5, 5.41) is 17.3. The molecule has 0 saturated carbocycles. The number of thiophene rings is 1. The normalized spacial score (nSPS) is 11.7. The highest BCUT2D eigenvalue weighted by Crippen LogP contribution is 2.31. The van der Waals surface area contributed by atoms with Gasteiger partial charge in [-0.05, 0) is 36.6 Å². The number of nitrogens with one attached hydrogen (secondary N) is 2. The molecule has 0 spiro atoms. The molecule has 3 rings (SSSR count). The summed E-state index contributed by atoms with van der Waals surface area (Å²) in [7, 11) is -2.79. The van der Waals surface area contributed by atoms with Crippen LogP contribution >= 0.6 is 11.3 Å². The van der Waals surface area contributed by atoms with E-state index in [4.69, 9.17) is 4.74 Å². The first-order valence-electron chi connectivity index (χ1n) is 8.60. The smallest absolute Gasteiger partial charge is 0.270 e. The summed E-state index contributed by atoms with van der Waals surface area (Å²) in [6.45, 7) is 1.77. The maximum atomic E-state index is 13.1. The summed E-state index contributed by atoms with van der Waals surface area (Å²) in [5.74, 6) is 0.313. The number of ether oxygens (including phenoxy) is 1. The van der Waals surface area contributed by atoms with Gasteiger partial charge in [0.05, 0.1) is 29.1 Å². The third kappa shape index (κ3) is 4.75. The summed E-state index contributed by atoms with van der Waals surface area (Å²) in [5.41, 5.74) is 3.29. The van der Waals surface area contributed by atoms with E-state index in [-0.39, 0.29) is 22.0 Å². The number of hydrogen-bond donors (Lipinski definition) is 2. The van der Waals surface area contributed by atoms with Gasteiger partial charge in [-0.2, -0.15) is 5.10 Å². The molecule has 2 N–H and O–H groups in total. The van der Waals surface area contributed by atoms with E-state index in [0.29, 0.717) is 11.5 Å². The first-order valence-corrected chi connectivity index (χ1v) is 11.0. The minimum absolute atomic E-state index is 0.0962. The van der Waals surface area contributed by atoms with Crippen molar-refractivity contribution in [2.75, 3.05) is 17.3 Å². The van der Waals surface area contributed by atoms with Crippen LogP contribution in [0.4, 0.5) is 17.1 Å². The Morgan fingerprint density at radius 3 is 2.57 bits per heavy atom. The Balaban J connectivity index is 2.01. The zero-order valence-electron chi connectivity index (χ0n) is 16.0. The van der Waals surface area contributed by atoms with Crippen molar-refractivity contribution in [3.8, 4) is 5.75 Å². The second-order valence-corrected chi connectivity index (χ2v) is 8.63. The van der Waals surface area contributed by atoms with E-state index in [9.17, 15) is 18.5 Å². The van der Waals surface area contributed by atoms with Crippen LogP contribution in [0.25, 0.3) is 0 Å². The molecule has 0 fully saturated rings. The molecule has 156 valence electrons. The highest BCUT2D eigenvalue weighted by molar-refractivity contribution is 7.93. The third-order valence-electron chi connectivity index (χ3n) is 4.04. The van der Waals surface area contributed by atoms with Crippen LogP contribution < -0.4 is 14.9 Å². The summed E-state index contributed by atoms with van der Waals surface area (Å²) in [6, 6.07) is 13.7. The van der Waals surface area contributed by atoms with Crippen molar-refractivity contribution in [3.05, 3.63) is 75.0 Å². The zero-order chi connectivity index (χ0) is 21.7. The third-order valence-corrected chi connectivity index (χ3v) is 6.42. The Morgan fingerprint density at radius 2 is 1.90 bits per heavy atom. The minimum Gasteiger partial charge on any atom is -0.495 e. The highest BCUT2D eigenvalue weighted by atomic mass is 32.2. The molecule has 11 heteroatoms. The molecule has 0 amide bonds. The van der Waals surface area contributed by atoms with Gasteiger partial charge in [-0.25, -0.2) is 8.42 Å². The van der Waals surface area contributed by atoms with Gasteiger partial charge in [0, 0.05) is 17.0 Å². The Hall–Kier alpha value is -3.44. The second-order valence-electron chi connectivity index (χ2n) is 6.03. The highest BCUT2D eigenvalue weighted by Gasteiger charge is 2.24. The Labute approximate surface area is 177 Å². The molecule has 0 unspecified atom stereocenters. The quantitative estimate of drug-likeness (QED) is 0.302. The van der Waals surface area contributed by atoms with E-state index in [1.54, 1.807) is 25.1 Å². The molecule has 0 aliphatic rings. The number of nitro benzene ring substituents is 1. The first-order chi connectivity index (χ1) is 14.3. The number of nitro groups is 1. The van der Waals surface area contributed by atoms with Crippen LogP contribution in [0.3, 0.4) is 0 Å². The van der Waals surface area contributed by atoms with E-state index < -0.39 is 14.9 Å². The van der Waals surface area contributed by atoms with Crippen LogP contribution in [0, 0.1) is 10.1 Å². The summed E-state index contributed by atoms with van der Waals surface area (Å²) >= 11 is 1.48. The summed E-state index contributed by atoms with van der Waals surface area (Å²) in [6.07, 6.45) is 0. The number of methoxy groups -OCH3 is 1. The molecule has 0 bridgehead atoms. The van der Waals surface area contributed by atoms with Crippen LogP contribution in [-0.2, 0) is 10.0 Å². The summed E-state index contributed by atoms with van der Waals surface area (Å²) in [4.78, 5) is 11.1. The molecule has 1 aromatic heterocycles. The van der Waals surface area contributed by atoms with Gasteiger partial charge in [0.1, 0.15) is 10.6 Å². The number of anilines is 2. The SMILES string of the molecule is COc1ccccc1NS(=O)(=O)c1cc([N+](=O)[O-])ccc1NN=C(C)c1cccs1. The average molecular weight is 447 g/mol. The molecule has 30 heavy (non-hydrogen) atoms. The van der Waals surface area contributed by atoms with Crippen LogP contribution in [0.5, 0.6) is 5.75 Å². The lowest BCUT2D eigenvalue weighted by Crippen LogP contribution is -2.16. The number of nitrogens with zero attached hydrogens (tertiary/aromatic N) is 2. The topological polar surface area (TPSA) is 123 Å². The van der Waals surface area contributed by atoms with Gasteiger partial charge in [-0.1, -0.05) is 18.2 Å². The van der Waals surface area contributed by atoms with Crippen molar-refractivity contribution in [2.24, 2.45) is 5.10 Å². The van der Waals surface area contributed by atoms with E-state index in [1.807, 2.05) is 17.5 Å². The Morgan fingerprint density at radius 1 is 1.13 bits per heavy atom. The van der Waals surface area contributed by atoms with Gasteiger partial charge in [0.15, 0.2) is 0 Å². The number of rotatable bonds is 8. The monoisotopic (exact) mass is 446 g/mol. The minimum atomic E-state index is -4.20. The standard InChI is InChI=1S/C19H18N4O5S2/c1-13(18-8-5-11-29-18)20-21-16-10-9-14(23(24)25)12-19(16)30(26,27)22-15-6-3-4-7-17(15)28-2/h3-12,21-22H,1-2H3. The van der Waals surface area contributed by atoms with Crippen LogP contribution in [-0.4, -0.2) is 26.2 Å². The predicted molar refractivity (Wildman–Crippen MR) is 117 cm³/mol. The molecule has 2 aromatic carbocycles. The van der Waals surface area contributed by atoms with E-state index in [2.05, 4.69) is 15.2 Å². The van der Waals surface area contributed by atoms with E-state index in [1.165, 1.54) is 36.6 Å². The second kappa shape index (κ2) is 8.93. The zero-order valence-corrected chi connectivity index (χ0v) is 17.7. The number of hydrazone groups is 1. The van der Waals surface area contributed by atoms with Gasteiger partial charge in [-0.3, -0.25) is 20.3 Å². The van der Waals surface area contributed by atoms with Gasteiger partial charge < -0.3 is 4.74 Å². The number of benzene rings is 2. The predicted octanol–water partition coefficient (Wildman–Crippen LogP) is 4.30. The molecular formula is C19H18N4O5S2. The molecule has 0 aliphatic heterocycles. The van der Waals surface area contributed by atoms with Gasteiger partial charge in [0.2, 0.25) is 0 Å². The van der Waals surface area contributed by atoms with Crippen molar-refractivity contribution in [3.63, 3.8) is 0 Å².